The van der Waals surface area contributed by atoms with E-state index >= 15 is 0 Å². The predicted octanol–water partition coefficient (Wildman–Crippen LogP) is 4.82. The zero-order valence-corrected chi connectivity index (χ0v) is 19.6. The van der Waals surface area contributed by atoms with Crippen molar-refractivity contribution in [3.05, 3.63) is 70.4 Å². The predicted molar refractivity (Wildman–Crippen MR) is 127 cm³/mol. The van der Waals surface area contributed by atoms with Gasteiger partial charge < -0.3 is 23.8 Å². The van der Waals surface area contributed by atoms with Crippen molar-refractivity contribution in [2.24, 2.45) is 5.16 Å². The number of hydrogen-bond acceptors (Lipinski definition) is 7. The number of oxime groups is 1. The molecule has 4 rings (SSSR count). The summed E-state index contributed by atoms with van der Waals surface area (Å²) in [5.41, 5.74) is 2.28. The van der Waals surface area contributed by atoms with E-state index in [1.807, 2.05) is 54.1 Å². The second-order valence-corrected chi connectivity index (χ2v) is 8.63. The quantitative estimate of drug-likeness (QED) is 0.436. The minimum atomic E-state index is -0.623. The Labute approximate surface area is 192 Å². The van der Waals surface area contributed by atoms with Crippen LogP contribution in [0.3, 0.4) is 0 Å². The van der Waals surface area contributed by atoms with Crippen LogP contribution >= 0.6 is 11.3 Å². The molecule has 0 amide bonds. The molecule has 8 heteroatoms. The van der Waals surface area contributed by atoms with Crippen molar-refractivity contribution in [3.8, 4) is 11.4 Å². The first kappa shape index (κ1) is 22.1. The third-order valence-corrected chi connectivity index (χ3v) is 6.50. The van der Waals surface area contributed by atoms with E-state index in [9.17, 15) is 0 Å². The lowest BCUT2D eigenvalue weighted by atomic mass is 10.1. The molecule has 1 unspecified atom stereocenters. The molecule has 0 saturated carbocycles. The van der Waals surface area contributed by atoms with Gasteiger partial charge in [-0.2, -0.15) is 0 Å². The highest BCUT2D eigenvalue weighted by molar-refractivity contribution is 7.10. The molecule has 0 spiro atoms. The second kappa shape index (κ2) is 9.58. The summed E-state index contributed by atoms with van der Waals surface area (Å²) in [5, 5.41) is 6.46. The van der Waals surface area contributed by atoms with Crippen LogP contribution in [0, 0.1) is 6.92 Å². The minimum absolute atomic E-state index is 0.623. The molecule has 0 N–H and O–H groups in total. The number of thiophene rings is 1. The van der Waals surface area contributed by atoms with E-state index in [0.29, 0.717) is 6.61 Å². The van der Waals surface area contributed by atoms with Gasteiger partial charge in [0.1, 0.15) is 5.75 Å². The summed E-state index contributed by atoms with van der Waals surface area (Å²) in [6, 6.07) is 10.2. The van der Waals surface area contributed by atoms with Crippen molar-refractivity contribution in [2.75, 3.05) is 27.4 Å². The van der Waals surface area contributed by atoms with Crippen LogP contribution in [0.5, 0.6) is 5.75 Å². The number of nitrogens with zero attached hydrogens (tertiary/aromatic N) is 4. The number of hydrogen-bond donors (Lipinski definition) is 0. The Bertz CT molecular complexity index is 1110. The molecular formula is C24H28N4O3S. The van der Waals surface area contributed by atoms with Crippen LogP contribution < -0.4 is 4.74 Å². The summed E-state index contributed by atoms with van der Waals surface area (Å²) < 4.78 is 12.8. The lowest BCUT2D eigenvalue weighted by molar-refractivity contribution is -0.0886. The van der Waals surface area contributed by atoms with Crippen LogP contribution in [-0.2, 0) is 15.3 Å². The van der Waals surface area contributed by atoms with Gasteiger partial charge in [-0.25, -0.2) is 4.98 Å². The van der Waals surface area contributed by atoms with Gasteiger partial charge in [0.25, 0.3) is 0 Å². The van der Waals surface area contributed by atoms with Gasteiger partial charge in [-0.15, -0.1) is 11.3 Å². The molecule has 168 valence electrons. The lowest BCUT2D eigenvalue weighted by Gasteiger charge is -2.33. The molecule has 3 heterocycles. The molecule has 1 aliphatic rings. The Morgan fingerprint density at radius 1 is 1.22 bits per heavy atom. The first-order chi connectivity index (χ1) is 15.5. The maximum Gasteiger partial charge on any atom is 0.243 e. The molecule has 3 aromatic rings. The van der Waals surface area contributed by atoms with E-state index in [1.165, 1.54) is 0 Å². The van der Waals surface area contributed by atoms with Crippen LogP contribution in [0.25, 0.3) is 11.8 Å². The highest BCUT2D eigenvalue weighted by Crippen LogP contribution is 2.38. The van der Waals surface area contributed by atoms with Gasteiger partial charge in [-0.05, 0) is 48.6 Å². The molecule has 0 bridgehead atoms. The fraction of sp³-hybridized carbons (Fsp3) is 0.333. The Morgan fingerprint density at radius 2 is 2.09 bits per heavy atom. The van der Waals surface area contributed by atoms with E-state index in [4.69, 9.17) is 14.3 Å². The van der Waals surface area contributed by atoms with E-state index in [-0.39, 0.29) is 0 Å². The summed E-state index contributed by atoms with van der Waals surface area (Å²) in [6.45, 7) is 5.47. The number of benzene rings is 1. The summed E-state index contributed by atoms with van der Waals surface area (Å²) >= 11 is 1.67. The molecule has 1 aromatic carbocycles. The fourth-order valence-electron chi connectivity index (χ4n) is 3.72. The second-order valence-electron chi connectivity index (χ2n) is 7.69. The summed E-state index contributed by atoms with van der Waals surface area (Å²) in [6.07, 6.45) is 8.65. The van der Waals surface area contributed by atoms with Crippen molar-refractivity contribution in [1.82, 2.24) is 14.5 Å². The number of ether oxygens (including phenoxy) is 2. The van der Waals surface area contributed by atoms with E-state index in [1.54, 1.807) is 31.9 Å². The van der Waals surface area contributed by atoms with Gasteiger partial charge in [0, 0.05) is 33.4 Å². The smallest absolute Gasteiger partial charge is 0.243 e. The maximum atomic E-state index is 5.95. The van der Waals surface area contributed by atoms with Gasteiger partial charge >= 0.3 is 0 Å². The van der Waals surface area contributed by atoms with Crippen molar-refractivity contribution < 1.29 is 14.3 Å². The molecule has 0 saturated heterocycles. The average Bonchev–Trinajstić information content (AvgIpc) is 3.55. The number of imidazole rings is 1. The Morgan fingerprint density at radius 3 is 2.78 bits per heavy atom. The molecule has 0 radical (unpaired) electrons. The minimum Gasteiger partial charge on any atom is -0.495 e. The van der Waals surface area contributed by atoms with E-state index in [2.05, 4.69) is 33.4 Å². The molecule has 2 aromatic heterocycles. The number of rotatable bonds is 9. The number of aryl methyl sites for hydroxylation is 1. The topological polar surface area (TPSA) is 61.1 Å². The molecule has 1 aliphatic heterocycles. The zero-order valence-electron chi connectivity index (χ0n) is 18.8. The number of methoxy groups -OCH3 is 2. The lowest BCUT2D eigenvalue weighted by Crippen LogP contribution is -2.43. The van der Waals surface area contributed by atoms with Crippen molar-refractivity contribution in [1.29, 1.82) is 0 Å². The van der Waals surface area contributed by atoms with Crippen LogP contribution in [-0.4, -0.2) is 47.7 Å². The molecule has 0 aliphatic carbocycles. The monoisotopic (exact) mass is 452 g/mol. The van der Waals surface area contributed by atoms with E-state index in [0.717, 1.165) is 46.4 Å². The van der Waals surface area contributed by atoms with Crippen LogP contribution in [0.1, 0.15) is 29.5 Å². The molecule has 1 atom stereocenters. The zero-order chi connectivity index (χ0) is 22.6. The van der Waals surface area contributed by atoms with E-state index < -0.39 is 5.72 Å². The highest BCUT2D eigenvalue weighted by Gasteiger charge is 2.43. The van der Waals surface area contributed by atoms with Crippen LogP contribution in [0.4, 0.5) is 0 Å². The van der Waals surface area contributed by atoms with Gasteiger partial charge in [0.05, 0.1) is 29.7 Å². The third kappa shape index (κ3) is 4.42. The Balaban J connectivity index is 1.57. The summed E-state index contributed by atoms with van der Waals surface area (Å²) in [4.78, 5) is 13.6. The van der Waals surface area contributed by atoms with Gasteiger partial charge in [-0.3, -0.25) is 0 Å². The molecular weight excluding hydrogens is 424 g/mol. The normalized spacial score (nSPS) is 18.2. The van der Waals surface area contributed by atoms with Crippen LogP contribution in [0.2, 0.25) is 0 Å². The van der Waals surface area contributed by atoms with Crippen molar-refractivity contribution in [2.45, 2.75) is 26.0 Å². The van der Waals surface area contributed by atoms with Crippen molar-refractivity contribution in [3.63, 3.8) is 0 Å². The van der Waals surface area contributed by atoms with Gasteiger partial charge in [0.2, 0.25) is 5.72 Å². The summed E-state index contributed by atoms with van der Waals surface area (Å²) in [5.74, 6) is 1.56. The molecule has 0 fully saturated rings. The standard InChI is InChI=1S/C24H28N4O3S/c1-18-16-27(17-25-18)20-10-8-19(15-21(20)30-4)9-11-23-26-31-24(2,22-7-5-14-32-22)28(23)12-6-13-29-3/h5,7-11,14-17H,6,12-13H2,1-4H3/b11-9+. The SMILES string of the molecule is COCCCN1C(/C=C/c2ccc(-n3cnc(C)c3)c(OC)c2)=NOC1(C)c1cccs1. The Kier molecular flexibility index (Phi) is 6.62. The third-order valence-electron chi connectivity index (χ3n) is 5.44. The highest BCUT2D eigenvalue weighted by atomic mass is 32.1. The average molecular weight is 453 g/mol. The first-order valence-electron chi connectivity index (χ1n) is 10.5. The van der Waals surface area contributed by atoms with Gasteiger partial charge in [0.15, 0.2) is 5.84 Å². The number of amidine groups is 1. The van der Waals surface area contributed by atoms with Gasteiger partial charge in [-0.1, -0.05) is 23.4 Å². The number of aromatic nitrogens is 2. The fourth-order valence-corrected chi connectivity index (χ4v) is 4.55. The first-order valence-corrected chi connectivity index (χ1v) is 11.4. The molecule has 32 heavy (non-hydrogen) atoms. The summed E-state index contributed by atoms with van der Waals surface area (Å²) in [7, 11) is 3.39. The van der Waals surface area contributed by atoms with Crippen LogP contribution in [0.15, 0.2) is 59.5 Å². The van der Waals surface area contributed by atoms with Crippen molar-refractivity contribution >= 4 is 23.2 Å². The molecule has 7 nitrogen and oxygen atoms in total. The maximum absolute atomic E-state index is 5.95. The largest absolute Gasteiger partial charge is 0.495 e. The Hall–Kier alpha value is -3.10.